The lowest BCUT2D eigenvalue weighted by molar-refractivity contribution is -0.138. The van der Waals surface area contributed by atoms with Crippen LogP contribution < -0.4 is 5.32 Å². The second-order valence-electron chi connectivity index (χ2n) is 4.48. The molecular formula is C12H13F4NO2. The van der Waals surface area contributed by atoms with Gasteiger partial charge in [0.15, 0.2) is 0 Å². The third kappa shape index (κ3) is 4.11. The molecule has 3 nitrogen and oxygen atoms in total. The Hall–Kier alpha value is -1.79. The van der Waals surface area contributed by atoms with E-state index in [9.17, 15) is 22.4 Å². The molecule has 0 aromatic heterocycles. The number of benzene rings is 1. The van der Waals surface area contributed by atoms with Crippen LogP contribution in [0.15, 0.2) is 18.2 Å². The predicted octanol–water partition coefficient (Wildman–Crippen LogP) is 3.41. The normalized spacial score (nSPS) is 12.3. The van der Waals surface area contributed by atoms with Crippen LogP contribution in [0.4, 0.5) is 23.2 Å². The molecule has 106 valence electrons. The molecule has 2 N–H and O–H groups in total. The topological polar surface area (TPSA) is 49.3 Å². The standard InChI is InChI=1S/C12H13F4NO2/c1-11(2,13)7-3-4-9(17-6-10(18)19)8(5-7)12(14,15)16/h3-5,17H,6H2,1-2H3,(H,18,19). The fourth-order valence-electron chi connectivity index (χ4n) is 1.47. The molecule has 0 unspecified atom stereocenters. The molecule has 0 aliphatic heterocycles. The maximum atomic E-state index is 13.7. The van der Waals surface area contributed by atoms with Crippen LogP contribution in [0.25, 0.3) is 0 Å². The van der Waals surface area contributed by atoms with Crippen molar-refractivity contribution in [3.8, 4) is 0 Å². The summed E-state index contributed by atoms with van der Waals surface area (Å²) in [5.41, 5.74) is -3.51. The Balaban J connectivity index is 3.22. The van der Waals surface area contributed by atoms with Crippen LogP contribution in [0.5, 0.6) is 0 Å². The number of anilines is 1. The molecule has 0 heterocycles. The van der Waals surface area contributed by atoms with Crippen LogP contribution in [0.2, 0.25) is 0 Å². The first-order chi connectivity index (χ1) is 8.51. The third-order valence-electron chi connectivity index (χ3n) is 2.44. The van der Waals surface area contributed by atoms with Crippen molar-refractivity contribution in [2.24, 2.45) is 0 Å². The van der Waals surface area contributed by atoms with Crippen molar-refractivity contribution in [2.45, 2.75) is 25.7 Å². The van der Waals surface area contributed by atoms with E-state index in [1.807, 2.05) is 0 Å². The Morgan fingerprint density at radius 2 is 1.84 bits per heavy atom. The van der Waals surface area contributed by atoms with E-state index in [1.165, 1.54) is 6.07 Å². The van der Waals surface area contributed by atoms with Crippen molar-refractivity contribution < 1.29 is 27.5 Å². The van der Waals surface area contributed by atoms with Gasteiger partial charge in [0.05, 0.1) is 5.56 Å². The maximum absolute atomic E-state index is 13.7. The van der Waals surface area contributed by atoms with E-state index >= 15 is 0 Å². The second kappa shape index (κ2) is 5.07. The zero-order chi connectivity index (χ0) is 14.8. The quantitative estimate of drug-likeness (QED) is 0.830. The lowest BCUT2D eigenvalue weighted by atomic mass is 9.97. The van der Waals surface area contributed by atoms with Crippen LogP contribution in [-0.2, 0) is 16.6 Å². The lowest BCUT2D eigenvalue weighted by Crippen LogP contribution is -2.18. The molecular weight excluding hydrogens is 266 g/mol. The van der Waals surface area contributed by atoms with Crippen molar-refractivity contribution in [3.05, 3.63) is 29.3 Å². The maximum Gasteiger partial charge on any atom is 0.418 e. The van der Waals surface area contributed by atoms with Gasteiger partial charge < -0.3 is 10.4 Å². The summed E-state index contributed by atoms with van der Waals surface area (Å²) in [6.07, 6.45) is -4.69. The number of hydrogen-bond acceptors (Lipinski definition) is 2. The SMILES string of the molecule is CC(C)(F)c1ccc(NCC(=O)O)c(C(F)(F)F)c1. The van der Waals surface area contributed by atoms with E-state index in [1.54, 1.807) is 0 Å². The molecule has 7 heteroatoms. The molecule has 0 aliphatic carbocycles. The molecule has 1 rings (SSSR count). The molecule has 0 spiro atoms. The first-order valence-electron chi connectivity index (χ1n) is 5.38. The Labute approximate surface area is 107 Å². The minimum atomic E-state index is -4.69. The van der Waals surface area contributed by atoms with E-state index in [-0.39, 0.29) is 11.3 Å². The summed E-state index contributed by atoms with van der Waals surface area (Å²) in [6.45, 7) is 1.64. The number of carboxylic acids is 1. The largest absolute Gasteiger partial charge is 0.480 e. The van der Waals surface area contributed by atoms with Crippen molar-refractivity contribution in [1.29, 1.82) is 0 Å². The van der Waals surface area contributed by atoms with E-state index in [0.29, 0.717) is 6.07 Å². The van der Waals surface area contributed by atoms with Crippen LogP contribution >= 0.6 is 0 Å². The van der Waals surface area contributed by atoms with Gasteiger partial charge in [-0.3, -0.25) is 4.79 Å². The second-order valence-corrected chi connectivity index (χ2v) is 4.48. The van der Waals surface area contributed by atoms with Gasteiger partial charge in [0.25, 0.3) is 0 Å². The number of nitrogens with one attached hydrogen (secondary N) is 1. The lowest BCUT2D eigenvalue weighted by Gasteiger charge is -2.19. The van der Waals surface area contributed by atoms with Crippen molar-refractivity contribution in [2.75, 3.05) is 11.9 Å². The Bertz CT molecular complexity index is 478. The minimum Gasteiger partial charge on any atom is -0.480 e. The molecule has 19 heavy (non-hydrogen) atoms. The summed E-state index contributed by atoms with van der Waals surface area (Å²) in [7, 11) is 0. The molecule has 1 aromatic carbocycles. The fraction of sp³-hybridized carbons (Fsp3) is 0.417. The summed E-state index contributed by atoms with van der Waals surface area (Å²) in [6, 6.07) is 2.91. The zero-order valence-corrected chi connectivity index (χ0v) is 10.3. The monoisotopic (exact) mass is 279 g/mol. The Morgan fingerprint density at radius 3 is 2.26 bits per heavy atom. The van der Waals surface area contributed by atoms with Crippen LogP contribution in [0, 0.1) is 0 Å². The smallest absolute Gasteiger partial charge is 0.418 e. The van der Waals surface area contributed by atoms with Crippen LogP contribution in [0.3, 0.4) is 0 Å². The molecule has 0 saturated heterocycles. The van der Waals surface area contributed by atoms with E-state index in [0.717, 1.165) is 19.9 Å². The molecule has 0 fully saturated rings. The van der Waals surface area contributed by atoms with Crippen molar-refractivity contribution >= 4 is 11.7 Å². The number of rotatable bonds is 4. The molecule has 0 saturated carbocycles. The van der Waals surface area contributed by atoms with E-state index in [4.69, 9.17) is 5.11 Å². The highest BCUT2D eigenvalue weighted by Crippen LogP contribution is 2.38. The number of carboxylic acid groups (broad SMARTS) is 1. The number of alkyl halides is 4. The average Bonchev–Trinajstić information content (AvgIpc) is 2.23. The highest BCUT2D eigenvalue weighted by Gasteiger charge is 2.35. The van der Waals surface area contributed by atoms with Gasteiger partial charge in [0.2, 0.25) is 0 Å². The van der Waals surface area contributed by atoms with Gasteiger partial charge in [-0.05, 0) is 31.5 Å². The molecule has 0 bridgehead atoms. The first kappa shape index (κ1) is 15.3. The molecule has 0 aliphatic rings. The number of hydrogen-bond donors (Lipinski definition) is 2. The zero-order valence-electron chi connectivity index (χ0n) is 10.3. The van der Waals surface area contributed by atoms with E-state index < -0.39 is 29.9 Å². The molecule has 0 amide bonds. The van der Waals surface area contributed by atoms with Crippen molar-refractivity contribution in [1.82, 2.24) is 0 Å². The van der Waals surface area contributed by atoms with Gasteiger partial charge in [-0.15, -0.1) is 0 Å². The first-order valence-corrected chi connectivity index (χ1v) is 5.38. The predicted molar refractivity (Wildman–Crippen MR) is 61.7 cm³/mol. The van der Waals surface area contributed by atoms with Crippen LogP contribution in [0.1, 0.15) is 25.0 Å². The summed E-state index contributed by atoms with van der Waals surface area (Å²) in [5.74, 6) is -1.29. The minimum absolute atomic E-state index is 0.124. The molecule has 0 radical (unpaired) electrons. The average molecular weight is 279 g/mol. The summed E-state index contributed by atoms with van der Waals surface area (Å²) < 4.78 is 52.1. The summed E-state index contributed by atoms with van der Waals surface area (Å²) in [5, 5.41) is 10.6. The summed E-state index contributed by atoms with van der Waals surface area (Å²) >= 11 is 0. The molecule has 1 aromatic rings. The molecule has 0 atom stereocenters. The van der Waals surface area contributed by atoms with Gasteiger partial charge in [-0.25, -0.2) is 4.39 Å². The van der Waals surface area contributed by atoms with Crippen molar-refractivity contribution in [3.63, 3.8) is 0 Å². The highest BCUT2D eigenvalue weighted by molar-refractivity contribution is 5.73. The van der Waals surface area contributed by atoms with Gasteiger partial charge in [-0.2, -0.15) is 13.2 Å². The highest BCUT2D eigenvalue weighted by atomic mass is 19.4. The van der Waals surface area contributed by atoms with Gasteiger partial charge in [-0.1, -0.05) is 6.07 Å². The third-order valence-corrected chi connectivity index (χ3v) is 2.44. The fourth-order valence-corrected chi connectivity index (χ4v) is 1.47. The number of aliphatic carboxylic acids is 1. The van der Waals surface area contributed by atoms with E-state index in [2.05, 4.69) is 5.32 Å². The summed E-state index contributed by atoms with van der Waals surface area (Å²) in [4.78, 5) is 10.4. The van der Waals surface area contributed by atoms with Crippen LogP contribution in [-0.4, -0.2) is 17.6 Å². The Kier molecular flexibility index (Phi) is 4.07. The van der Waals surface area contributed by atoms with Gasteiger partial charge in [0.1, 0.15) is 12.2 Å². The number of carbonyl (C=O) groups is 1. The van der Waals surface area contributed by atoms with Gasteiger partial charge >= 0.3 is 12.1 Å². The Morgan fingerprint density at radius 1 is 1.26 bits per heavy atom. The van der Waals surface area contributed by atoms with Gasteiger partial charge in [0, 0.05) is 5.69 Å². The number of halogens is 4.